The molecule has 1 unspecified atom stereocenters. The second-order valence-corrected chi connectivity index (χ2v) is 7.05. The van der Waals surface area contributed by atoms with Gasteiger partial charge >= 0.3 is 0 Å². The van der Waals surface area contributed by atoms with Crippen molar-refractivity contribution in [1.82, 2.24) is 10.2 Å². The van der Waals surface area contributed by atoms with Crippen LogP contribution in [0.25, 0.3) is 0 Å². The second kappa shape index (κ2) is 7.63. The Kier molecular flexibility index (Phi) is 6.15. The predicted molar refractivity (Wildman–Crippen MR) is 83.2 cm³/mol. The molecule has 1 aliphatic heterocycles. The minimum absolute atomic E-state index is 0.769. The first-order valence-corrected chi connectivity index (χ1v) is 8.60. The van der Waals surface area contributed by atoms with Gasteiger partial charge < -0.3 is 5.32 Å². The van der Waals surface area contributed by atoms with Gasteiger partial charge in [-0.1, -0.05) is 12.8 Å². The van der Waals surface area contributed by atoms with Crippen LogP contribution in [0, 0.1) is 0 Å². The Labute approximate surface area is 123 Å². The Balaban J connectivity index is 1.65. The van der Waals surface area contributed by atoms with E-state index in [4.69, 9.17) is 0 Å². The summed E-state index contributed by atoms with van der Waals surface area (Å²) in [5.41, 5.74) is 0. The van der Waals surface area contributed by atoms with Crippen LogP contribution in [0.15, 0.2) is 15.9 Å². The van der Waals surface area contributed by atoms with E-state index in [-0.39, 0.29) is 0 Å². The van der Waals surface area contributed by atoms with Crippen molar-refractivity contribution < 1.29 is 0 Å². The monoisotopic (exact) mass is 330 g/mol. The van der Waals surface area contributed by atoms with Gasteiger partial charge in [0.2, 0.25) is 0 Å². The van der Waals surface area contributed by atoms with Gasteiger partial charge in [-0.3, -0.25) is 4.90 Å². The topological polar surface area (TPSA) is 15.3 Å². The maximum atomic E-state index is 3.55. The zero-order chi connectivity index (χ0) is 12.8. The van der Waals surface area contributed by atoms with Crippen LogP contribution in [0.5, 0.6) is 0 Å². The molecule has 0 amide bonds. The molecule has 0 saturated carbocycles. The van der Waals surface area contributed by atoms with Gasteiger partial charge in [0.25, 0.3) is 0 Å². The molecule has 0 aliphatic carbocycles. The second-order valence-electron chi connectivity index (χ2n) is 5.14. The molecule has 1 aromatic rings. The van der Waals surface area contributed by atoms with E-state index in [1.807, 2.05) is 11.3 Å². The van der Waals surface area contributed by atoms with Crippen LogP contribution >= 0.6 is 27.3 Å². The average Bonchev–Trinajstić information content (AvgIpc) is 2.65. The number of halogens is 1. The van der Waals surface area contributed by atoms with Crippen LogP contribution < -0.4 is 5.32 Å². The minimum Gasteiger partial charge on any atom is -0.311 e. The molecule has 1 fully saturated rings. The first-order valence-electron chi connectivity index (χ1n) is 6.93. The first-order chi connectivity index (χ1) is 8.75. The van der Waals surface area contributed by atoms with E-state index in [0.717, 1.165) is 19.1 Å². The SMILES string of the molecule is CC1CCCCCN1CCNCc1cc(Br)cs1. The van der Waals surface area contributed by atoms with Gasteiger partial charge in [-0.25, -0.2) is 0 Å². The lowest BCUT2D eigenvalue weighted by molar-refractivity contribution is 0.214. The fourth-order valence-electron chi connectivity index (χ4n) is 2.55. The van der Waals surface area contributed by atoms with Crippen LogP contribution in [-0.4, -0.2) is 30.6 Å². The van der Waals surface area contributed by atoms with Crippen LogP contribution in [0.3, 0.4) is 0 Å². The zero-order valence-electron chi connectivity index (χ0n) is 11.1. The Morgan fingerprint density at radius 1 is 1.44 bits per heavy atom. The van der Waals surface area contributed by atoms with Crippen molar-refractivity contribution in [2.45, 2.75) is 45.2 Å². The smallest absolute Gasteiger partial charge is 0.0300 e. The van der Waals surface area contributed by atoms with Crippen molar-refractivity contribution in [2.75, 3.05) is 19.6 Å². The molecule has 1 aromatic heterocycles. The third-order valence-corrected chi connectivity index (χ3v) is 5.38. The lowest BCUT2D eigenvalue weighted by atomic mass is 10.1. The highest BCUT2D eigenvalue weighted by Crippen LogP contribution is 2.19. The Bertz CT molecular complexity index is 353. The number of hydrogen-bond acceptors (Lipinski definition) is 3. The summed E-state index contributed by atoms with van der Waals surface area (Å²) in [6, 6.07) is 2.97. The summed E-state index contributed by atoms with van der Waals surface area (Å²) < 4.78 is 1.20. The lowest BCUT2D eigenvalue weighted by Crippen LogP contribution is -2.37. The number of rotatable bonds is 5. The van der Waals surface area contributed by atoms with Gasteiger partial charge in [0.1, 0.15) is 0 Å². The normalized spacial score (nSPS) is 22.0. The van der Waals surface area contributed by atoms with Crippen LogP contribution in [0.4, 0.5) is 0 Å². The van der Waals surface area contributed by atoms with Crippen molar-refractivity contribution >= 4 is 27.3 Å². The Hall–Kier alpha value is 0.1000. The summed E-state index contributed by atoms with van der Waals surface area (Å²) >= 11 is 5.31. The Morgan fingerprint density at radius 3 is 3.11 bits per heavy atom. The molecule has 2 heterocycles. The van der Waals surface area contributed by atoms with Gasteiger partial charge in [0, 0.05) is 40.4 Å². The summed E-state index contributed by atoms with van der Waals surface area (Å²) in [4.78, 5) is 4.05. The molecule has 1 N–H and O–H groups in total. The van der Waals surface area contributed by atoms with E-state index >= 15 is 0 Å². The van der Waals surface area contributed by atoms with Crippen molar-refractivity contribution in [2.24, 2.45) is 0 Å². The number of nitrogens with one attached hydrogen (secondary N) is 1. The number of hydrogen-bond donors (Lipinski definition) is 1. The van der Waals surface area contributed by atoms with Gasteiger partial charge in [0.05, 0.1) is 0 Å². The summed E-state index contributed by atoms with van der Waals surface area (Å²) in [5.74, 6) is 0. The molecule has 2 nitrogen and oxygen atoms in total. The summed E-state index contributed by atoms with van der Waals surface area (Å²) in [6.07, 6.45) is 5.58. The highest BCUT2D eigenvalue weighted by molar-refractivity contribution is 9.10. The van der Waals surface area contributed by atoms with E-state index in [9.17, 15) is 0 Å². The zero-order valence-corrected chi connectivity index (χ0v) is 13.5. The van der Waals surface area contributed by atoms with E-state index in [1.54, 1.807) is 0 Å². The Morgan fingerprint density at radius 2 is 2.33 bits per heavy atom. The number of thiophene rings is 1. The molecule has 0 spiro atoms. The number of nitrogens with zero attached hydrogens (tertiary/aromatic N) is 1. The fourth-order valence-corrected chi connectivity index (χ4v) is 3.97. The van der Waals surface area contributed by atoms with E-state index in [1.165, 1.54) is 48.1 Å². The van der Waals surface area contributed by atoms with E-state index < -0.39 is 0 Å². The molecule has 4 heteroatoms. The molecular formula is C14H23BrN2S. The molecule has 0 bridgehead atoms. The molecule has 1 aliphatic rings. The standard InChI is InChI=1S/C14H23BrN2S/c1-12-5-3-2-4-7-17(12)8-6-16-10-14-9-13(15)11-18-14/h9,11-12,16H,2-8,10H2,1H3. The average molecular weight is 331 g/mol. The van der Waals surface area contributed by atoms with Gasteiger partial charge in [0.15, 0.2) is 0 Å². The first kappa shape index (κ1) is 14.5. The molecule has 102 valence electrons. The number of likely N-dealkylation sites (tertiary alicyclic amines) is 1. The molecule has 18 heavy (non-hydrogen) atoms. The fraction of sp³-hybridized carbons (Fsp3) is 0.714. The van der Waals surface area contributed by atoms with Crippen molar-refractivity contribution in [3.05, 3.63) is 20.8 Å². The van der Waals surface area contributed by atoms with Crippen molar-refractivity contribution in [3.8, 4) is 0 Å². The molecular weight excluding hydrogens is 308 g/mol. The predicted octanol–water partition coefficient (Wildman–Crippen LogP) is 3.86. The highest BCUT2D eigenvalue weighted by atomic mass is 79.9. The van der Waals surface area contributed by atoms with Gasteiger partial charge in [-0.05, 0) is 48.3 Å². The summed E-state index contributed by atoms with van der Waals surface area (Å²) in [6.45, 7) is 6.95. The maximum Gasteiger partial charge on any atom is 0.0300 e. The third kappa shape index (κ3) is 4.65. The molecule has 0 radical (unpaired) electrons. The lowest BCUT2D eigenvalue weighted by Gasteiger charge is -2.26. The van der Waals surface area contributed by atoms with Crippen LogP contribution in [0.2, 0.25) is 0 Å². The van der Waals surface area contributed by atoms with E-state index in [2.05, 4.69) is 44.5 Å². The molecule has 0 aromatic carbocycles. The summed E-state index contributed by atoms with van der Waals surface area (Å²) in [7, 11) is 0. The molecule has 1 saturated heterocycles. The van der Waals surface area contributed by atoms with Gasteiger partial charge in [-0.15, -0.1) is 11.3 Å². The minimum atomic E-state index is 0.769. The summed E-state index contributed by atoms with van der Waals surface area (Å²) in [5, 5.41) is 5.70. The van der Waals surface area contributed by atoms with Crippen LogP contribution in [0.1, 0.15) is 37.5 Å². The quantitative estimate of drug-likeness (QED) is 0.824. The highest BCUT2D eigenvalue weighted by Gasteiger charge is 2.15. The van der Waals surface area contributed by atoms with Crippen molar-refractivity contribution in [3.63, 3.8) is 0 Å². The van der Waals surface area contributed by atoms with E-state index in [0.29, 0.717) is 0 Å². The maximum absolute atomic E-state index is 3.55. The van der Waals surface area contributed by atoms with Crippen LogP contribution in [-0.2, 0) is 6.54 Å². The van der Waals surface area contributed by atoms with Crippen molar-refractivity contribution in [1.29, 1.82) is 0 Å². The molecule has 2 rings (SSSR count). The molecule has 1 atom stereocenters. The largest absolute Gasteiger partial charge is 0.311 e. The third-order valence-electron chi connectivity index (χ3n) is 3.69. The van der Waals surface area contributed by atoms with Gasteiger partial charge in [-0.2, -0.15) is 0 Å².